The van der Waals surface area contributed by atoms with E-state index in [9.17, 15) is 4.20 Å². The van der Waals surface area contributed by atoms with Crippen LogP contribution in [0.1, 0.15) is 0 Å². The van der Waals surface area contributed by atoms with Crippen molar-refractivity contribution in [3.63, 3.8) is 0 Å². The van der Waals surface area contributed by atoms with E-state index >= 15 is 0 Å². The Bertz CT molecular complexity index is 10.0. The molecule has 0 heterocycles. The van der Waals surface area contributed by atoms with Gasteiger partial charge in [-0.2, -0.15) is 0 Å². The molecule has 0 nitrogen and oxygen atoms in total. The van der Waals surface area contributed by atoms with Gasteiger partial charge in [0.25, 0.3) is 0 Å². The molecule has 0 N–H and O–H groups in total. The largest absolute Gasteiger partial charge is 0.242 e. The first-order chi connectivity index (χ1) is 1.91. The van der Waals surface area contributed by atoms with E-state index in [-0.39, 0.29) is 8.77 Å². The molecule has 0 saturated heterocycles. The lowest BCUT2D eigenvalue weighted by Crippen LogP contribution is -1.50. The van der Waals surface area contributed by atoms with Gasteiger partial charge in [-0.05, 0) is 0 Å². The molecule has 0 bridgehead atoms. The van der Waals surface area contributed by atoms with Gasteiger partial charge in [0.2, 0.25) is 0 Å². The molecule has 0 aromatic carbocycles. The molecule has 3 heteroatoms. The topological polar surface area (TPSA) is 0 Å². The number of hydrogen-bond donors (Lipinski definition) is 0. The highest BCUT2D eigenvalue weighted by atomic mass is 31.1. The van der Waals surface area contributed by atoms with E-state index in [2.05, 4.69) is 0 Å². The number of hydrogen-bond acceptors (Lipinski definition) is 0. The second-order valence-corrected chi connectivity index (χ2v) is 1.46. The first-order valence-corrected chi connectivity index (χ1v) is 2.33. The average Bonchev–Trinajstić information content (AvgIpc) is 1.37. The molecule has 0 aromatic heterocycles. The minimum Gasteiger partial charge on any atom is -0.242 e. The zero-order valence-electron chi connectivity index (χ0n) is 2.59. The van der Waals surface area contributed by atoms with Gasteiger partial charge < -0.3 is 0 Å². The fraction of sp³-hybridized carbons (Fsp3) is 1.00. The zero-order chi connectivity index (χ0) is 3.41. The second kappa shape index (κ2) is 3.42. The molecule has 1 unspecified atom stereocenters. The van der Waals surface area contributed by atoms with Crippen molar-refractivity contribution in [2.75, 3.05) is 0 Å². The minimum atomic E-state index is -0.360. The van der Waals surface area contributed by atoms with Crippen molar-refractivity contribution < 1.29 is 4.20 Å². The van der Waals surface area contributed by atoms with Crippen LogP contribution in [0.15, 0.2) is 0 Å². The lowest BCUT2D eigenvalue weighted by molar-refractivity contribution is 0.934. The van der Waals surface area contributed by atoms with Crippen LogP contribution >= 0.6 is 8.77 Å². The van der Waals surface area contributed by atoms with Gasteiger partial charge in [0, 0.05) is 8.77 Å². The van der Waals surface area contributed by atoms with Crippen LogP contribution in [0, 0.1) is 0 Å². The molecule has 0 amide bonds. The molecule has 0 rings (SSSR count). The summed E-state index contributed by atoms with van der Waals surface area (Å²) in [5.41, 5.74) is 0. The summed E-state index contributed by atoms with van der Waals surface area (Å²) in [7, 11) is -0.360. The summed E-state index contributed by atoms with van der Waals surface area (Å²) in [6.45, 7) is 2.50. The van der Waals surface area contributed by atoms with Crippen molar-refractivity contribution >= 4 is 15.8 Å². The normalized spacial score (nSPS) is 9.50. The Kier molecular flexibility index (Phi) is 3.79. The van der Waals surface area contributed by atoms with Gasteiger partial charge in [0.15, 0.2) is 7.00 Å². The van der Waals surface area contributed by atoms with E-state index in [1.54, 1.807) is 0 Å². The predicted molar refractivity (Wildman–Crippen MR) is 22.4 cm³/mol. The summed E-state index contributed by atoms with van der Waals surface area (Å²) in [4.78, 5) is 0. The van der Waals surface area contributed by atoms with E-state index < -0.39 is 0 Å². The van der Waals surface area contributed by atoms with E-state index in [0.717, 1.165) is 0 Å². The van der Waals surface area contributed by atoms with Crippen LogP contribution in [0.3, 0.4) is 0 Å². The summed E-state index contributed by atoms with van der Waals surface area (Å²) in [6.07, 6.45) is 0. The summed E-state index contributed by atoms with van der Waals surface area (Å²) in [5, 5.41) is 0. The number of rotatable bonds is 1. The summed E-state index contributed by atoms with van der Waals surface area (Å²) in [6, 6.07) is 0. The highest BCUT2D eigenvalue weighted by Crippen LogP contribution is 2.03. The Morgan fingerprint density at radius 3 is 2.25 bits per heavy atom. The van der Waals surface area contributed by atoms with Crippen molar-refractivity contribution in [1.29, 1.82) is 0 Å². The predicted octanol–water partition coefficient (Wildman–Crippen LogP) is 0.949. The maximum atomic E-state index is 10.8. The SMILES string of the molecule is CBPF. The van der Waals surface area contributed by atoms with Crippen LogP contribution in [0.4, 0.5) is 4.20 Å². The van der Waals surface area contributed by atoms with E-state index in [4.69, 9.17) is 0 Å². The Hall–Kier alpha value is 0.425. The average molecular weight is 77.8 g/mol. The van der Waals surface area contributed by atoms with Crippen LogP contribution in [-0.2, 0) is 0 Å². The van der Waals surface area contributed by atoms with Crippen molar-refractivity contribution in [2.24, 2.45) is 0 Å². The summed E-state index contributed by atoms with van der Waals surface area (Å²) in [5.74, 6) is 0. The van der Waals surface area contributed by atoms with Gasteiger partial charge in [-0.25, -0.2) is 4.20 Å². The van der Waals surface area contributed by atoms with Gasteiger partial charge in [-0.15, -0.1) is 0 Å². The van der Waals surface area contributed by atoms with Crippen LogP contribution in [0.2, 0.25) is 6.82 Å². The third-order valence-electron chi connectivity index (χ3n) is 0.134. The molecule has 0 spiro atoms. The Morgan fingerprint density at radius 1 is 2.00 bits per heavy atom. The number of halogens is 1. The minimum absolute atomic E-state index is 0.360. The smallest absolute Gasteiger partial charge is 0.187 e. The van der Waals surface area contributed by atoms with Gasteiger partial charge in [0.05, 0.1) is 0 Å². The molecule has 4 heavy (non-hydrogen) atoms. The van der Waals surface area contributed by atoms with Crippen LogP contribution in [0.25, 0.3) is 0 Å². The lowest BCUT2D eigenvalue weighted by Gasteiger charge is -1.60. The lowest BCUT2D eigenvalue weighted by atomic mass is 10.2. The fourth-order valence-electron chi connectivity index (χ4n) is 0. The second-order valence-electron chi connectivity index (χ2n) is 0.487. The molecule has 0 aliphatic carbocycles. The van der Waals surface area contributed by atoms with E-state index in [0.29, 0.717) is 7.00 Å². The Morgan fingerprint density at radius 2 is 2.25 bits per heavy atom. The van der Waals surface area contributed by atoms with E-state index in [1.807, 2.05) is 6.82 Å². The molecular formula is CH5BFP. The van der Waals surface area contributed by atoms with E-state index in [1.165, 1.54) is 0 Å². The van der Waals surface area contributed by atoms with Crippen molar-refractivity contribution in [1.82, 2.24) is 0 Å². The first kappa shape index (κ1) is 4.42. The van der Waals surface area contributed by atoms with Gasteiger partial charge >= 0.3 is 0 Å². The highest BCUT2D eigenvalue weighted by molar-refractivity contribution is 7.66. The molecule has 0 saturated carbocycles. The van der Waals surface area contributed by atoms with Crippen molar-refractivity contribution in [3.05, 3.63) is 0 Å². The van der Waals surface area contributed by atoms with Crippen molar-refractivity contribution in [2.45, 2.75) is 6.82 Å². The molecular weight excluding hydrogens is 72.8 g/mol. The molecule has 0 aliphatic heterocycles. The highest BCUT2D eigenvalue weighted by Gasteiger charge is 1.66. The van der Waals surface area contributed by atoms with Crippen LogP contribution in [-0.4, -0.2) is 7.00 Å². The maximum absolute atomic E-state index is 10.8. The maximum Gasteiger partial charge on any atom is 0.187 e. The Balaban J connectivity index is 1.97. The van der Waals surface area contributed by atoms with Gasteiger partial charge in [0.1, 0.15) is 0 Å². The molecule has 0 aromatic rings. The van der Waals surface area contributed by atoms with Crippen LogP contribution < -0.4 is 0 Å². The van der Waals surface area contributed by atoms with Crippen molar-refractivity contribution in [3.8, 4) is 0 Å². The fourth-order valence-corrected chi connectivity index (χ4v) is 0. The van der Waals surface area contributed by atoms with Gasteiger partial charge in [-0.1, -0.05) is 6.82 Å². The first-order valence-electron chi connectivity index (χ1n) is 1.25. The summed E-state index contributed by atoms with van der Waals surface area (Å²) < 4.78 is 10.8. The third-order valence-corrected chi connectivity index (χ3v) is 0.401. The molecule has 0 radical (unpaired) electrons. The van der Waals surface area contributed by atoms with Crippen LogP contribution in [0.5, 0.6) is 0 Å². The molecule has 0 aliphatic rings. The molecule has 24 valence electrons. The summed E-state index contributed by atoms with van der Waals surface area (Å²) >= 11 is 0. The molecule has 0 fully saturated rings. The monoisotopic (exact) mass is 78.0 g/mol. The standard InChI is InChI=1S/CH5BFP/c1-2-4-3/h2,4H,1H3. The van der Waals surface area contributed by atoms with Gasteiger partial charge in [-0.3, -0.25) is 0 Å². The third kappa shape index (κ3) is 2.42. The quantitative estimate of drug-likeness (QED) is 0.323. The Labute approximate surface area is 27.9 Å². The zero-order valence-corrected chi connectivity index (χ0v) is 3.59. The molecule has 1 atom stereocenters.